The molecule has 1 fully saturated rings. The number of carbonyl (C=O) groups is 2. The number of urea groups is 1. The van der Waals surface area contributed by atoms with Crippen molar-refractivity contribution in [1.29, 1.82) is 0 Å². The predicted molar refractivity (Wildman–Crippen MR) is 117 cm³/mol. The van der Waals surface area contributed by atoms with Crippen molar-refractivity contribution in [2.24, 2.45) is 5.92 Å². The maximum Gasteiger partial charge on any atom is 0.321 e. The summed E-state index contributed by atoms with van der Waals surface area (Å²) in [5.41, 5.74) is 4.15. The monoisotopic (exact) mass is 411 g/mol. The van der Waals surface area contributed by atoms with Crippen LogP contribution in [0.5, 0.6) is 0 Å². The van der Waals surface area contributed by atoms with Crippen molar-refractivity contribution in [3.8, 4) is 0 Å². The molecule has 1 aliphatic heterocycles. The summed E-state index contributed by atoms with van der Waals surface area (Å²) in [6.45, 7) is 6.02. The number of carbonyl (C=O) groups excluding carboxylic acids is 2. The van der Waals surface area contributed by atoms with Crippen LogP contribution in [0.25, 0.3) is 0 Å². The van der Waals surface area contributed by atoms with E-state index in [1.165, 1.54) is 23.3 Å². The lowest BCUT2D eigenvalue weighted by Crippen LogP contribution is -2.42. The Morgan fingerprint density at radius 1 is 1.10 bits per heavy atom. The largest absolute Gasteiger partial charge is 0.352 e. The Morgan fingerprint density at radius 2 is 1.87 bits per heavy atom. The smallest absolute Gasteiger partial charge is 0.321 e. The fraction of sp³-hybridized carbons (Fsp3) is 0.417. The van der Waals surface area contributed by atoms with Crippen molar-refractivity contribution in [3.05, 3.63) is 65.0 Å². The molecule has 0 aliphatic carbocycles. The molecule has 1 aliphatic rings. The number of hydrogen-bond acceptors (Lipinski definition) is 2. The molecule has 6 heteroatoms. The SMILES string of the molecule is Cc1ccc(CNC(=O)CC[C@@H]2CCCN(C(=O)Nc3ccc(F)cc3)C2)cc1C. The molecule has 0 unspecified atom stereocenters. The summed E-state index contributed by atoms with van der Waals surface area (Å²) < 4.78 is 13.0. The Kier molecular flexibility index (Phi) is 7.44. The molecule has 2 N–H and O–H groups in total. The van der Waals surface area contributed by atoms with E-state index in [2.05, 4.69) is 36.6 Å². The van der Waals surface area contributed by atoms with E-state index in [0.29, 0.717) is 37.7 Å². The van der Waals surface area contributed by atoms with Crippen molar-refractivity contribution < 1.29 is 14.0 Å². The predicted octanol–water partition coefficient (Wildman–Crippen LogP) is 4.78. The Balaban J connectivity index is 1.41. The third kappa shape index (κ3) is 6.31. The van der Waals surface area contributed by atoms with Gasteiger partial charge in [-0.3, -0.25) is 4.79 Å². The van der Waals surface area contributed by atoms with Gasteiger partial charge in [0.05, 0.1) is 0 Å². The van der Waals surface area contributed by atoms with Crippen molar-refractivity contribution in [3.63, 3.8) is 0 Å². The van der Waals surface area contributed by atoms with Gasteiger partial charge in [0.15, 0.2) is 0 Å². The van der Waals surface area contributed by atoms with Gasteiger partial charge in [-0.05, 0) is 80.0 Å². The summed E-state index contributed by atoms with van der Waals surface area (Å²) in [7, 11) is 0. The number of anilines is 1. The number of nitrogens with zero attached hydrogens (tertiary/aromatic N) is 1. The normalized spacial score (nSPS) is 16.2. The third-order valence-electron chi connectivity index (χ3n) is 5.74. The number of amides is 3. The summed E-state index contributed by atoms with van der Waals surface area (Å²) in [6.07, 6.45) is 3.17. The first-order valence-corrected chi connectivity index (χ1v) is 10.5. The number of likely N-dealkylation sites (tertiary alicyclic amines) is 1. The van der Waals surface area contributed by atoms with Gasteiger partial charge in [-0.15, -0.1) is 0 Å². The van der Waals surface area contributed by atoms with Gasteiger partial charge in [0.1, 0.15) is 5.82 Å². The maximum absolute atomic E-state index is 13.0. The Morgan fingerprint density at radius 3 is 2.60 bits per heavy atom. The first-order chi connectivity index (χ1) is 14.4. The molecule has 0 spiro atoms. The van der Waals surface area contributed by atoms with Gasteiger partial charge in [0.2, 0.25) is 5.91 Å². The zero-order chi connectivity index (χ0) is 21.5. The van der Waals surface area contributed by atoms with Gasteiger partial charge in [-0.2, -0.15) is 0 Å². The van der Waals surface area contributed by atoms with E-state index in [0.717, 1.165) is 24.8 Å². The van der Waals surface area contributed by atoms with Gasteiger partial charge in [0, 0.05) is 31.7 Å². The molecule has 0 aromatic heterocycles. The van der Waals surface area contributed by atoms with Gasteiger partial charge in [0.25, 0.3) is 0 Å². The second-order valence-corrected chi connectivity index (χ2v) is 8.13. The van der Waals surface area contributed by atoms with Crippen LogP contribution in [-0.4, -0.2) is 29.9 Å². The number of halogens is 1. The topological polar surface area (TPSA) is 61.4 Å². The molecule has 5 nitrogen and oxygen atoms in total. The zero-order valence-corrected chi connectivity index (χ0v) is 17.7. The Hall–Kier alpha value is -2.89. The van der Waals surface area contributed by atoms with Crippen LogP contribution in [0.1, 0.15) is 42.4 Å². The van der Waals surface area contributed by atoms with E-state index < -0.39 is 0 Å². The highest BCUT2D eigenvalue weighted by Crippen LogP contribution is 2.22. The molecular weight excluding hydrogens is 381 g/mol. The lowest BCUT2D eigenvalue weighted by molar-refractivity contribution is -0.121. The lowest BCUT2D eigenvalue weighted by atomic mass is 9.93. The molecule has 1 atom stereocenters. The van der Waals surface area contributed by atoms with Crippen LogP contribution in [0.2, 0.25) is 0 Å². The minimum Gasteiger partial charge on any atom is -0.352 e. The standard InChI is InChI=1S/C24H30FN3O2/c1-17-5-6-20(14-18(17)2)15-26-23(29)12-7-19-4-3-13-28(16-19)24(30)27-22-10-8-21(25)9-11-22/h5-6,8-11,14,19H,3-4,7,12-13,15-16H2,1-2H3,(H,26,29)(H,27,30)/t19-/m0/s1. The fourth-order valence-corrected chi connectivity index (χ4v) is 3.76. The lowest BCUT2D eigenvalue weighted by Gasteiger charge is -2.32. The molecule has 0 bridgehead atoms. The quantitative estimate of drug-likeness (QED) is 0.718. The molecular formula is C24H30FN3O2. The summed E-state index contributed by atoms with van der Waals surface area (Å²) in [4.78, 5) is 26.5. The molecule has 3 amide bonds. The van der Waals surface area contributed by atoms with Gasteiger partial charge in [-0.1, -0.05) is 18.2 Å². The number of aryl methyl sites for hydroxylation is 2. The van der Waals surface area contributed by atoms with Crippen LogP contribution in [-0.2, 0) is 11.3 Å². The van der Waals surface area contributed by atoms with Crippen molar-refractivity contribution in [1.82, 2.24) is 10.2 Å². The fourth-order valence-electron chi connectivity index (χ4n) is 3.76. The van der Waals surface area contributed by atoms with Crippen LogP contribution >= 0.6 is 0 Å². The van der Waals surface area contributed by atoms with Crippen molar-refractivity contribution >= 4 is 17.6 Å². The molecule has 160 valence electrons. The molecule has 3 rings (SSSR count). The number of hydrogen-bond donors (Lipinski definition) is 2. The van der Waals surface area contributed by atoms with E-state index in [9.17, 15) is 14.0 Å². The van der Waals surface area contributed by atoms with Crippen molar-refractivity contribution in [2.75, 3.05) is 18.4 Å². The average Bonchev–Trinajstić information content (AvgIpc) is 2.75. The molecule has 0 saturated carbocycles. The van der Waals surface area contributed by atoms with E-state index in [1.807, 2.05) is 6.07 Å². The van der Waals surface area contributed by atoms with Crippen LogP contribution in [0.3, 0.4) is 0 Å². The van der Waals surface area contributed by atoms with Crippen LogP contribution < -0.4 is 10.6 Å². The number of piperidine rings is 1. The first-order valence-electron chi connectivity index (χ1n) is 10.5. The van der Waals surface area contributed by atoms with Gasteiger partial charge < -0.3 is 15.5 Å². The van der Waals surface area contributed by atoms with Gasteiger partial charge >= 0.3 is 6.03 Å². The molecule has 1 saturated heterocycles. The molecule has 1 heterocycles. The van der Waals surface area contributed by atoms with Gasteiger partial charge in [-0.25, -0.2) is 9.18 Å². The Bertz CT molecular complexity index is 883. The van der Waals surface area contributed by atoms with E-state index in [4.69, 9.17) is 0 Å². The van der Waals surface area contributed by atoms with Crippen LogP contribution in [0.15, 0.2) is 42.5 Å². The highest BCUT2D eigenvalue weighted by atomic mass is 19.1. The minimum absolute atomic E-state index is 0.0427. The third-order valence-corrected chi connectivity index (χ3v) is 5.74. The van der Waals surface area contributed by atoms with E-state index in [1.54, 1.807) is 17.0 Å². The summed E-state index contributed by atoms with van der Waals surface area (Å²) in [5, 5.41) is 5.81. The summed E-state index contributed by atoms with van der Waals surface area (Å²) in [5.74, 6) is 0.0213. The highest BCUT2D eigenvalue weighted by molar-refractivity contribution is 5.89. The molecule has 0 radical (unpaired) electrons. The van der Waals surface area contributed by atoms with Crippen LogP contribution in [0, 0.1) is 25.6 Å². The number of rotatable bonds is 6. The molecule has 2 aromatic rings. The first kappa shape index (κ1) is 21.8. The summed E-state index contributed by atoms with van der Waals surface area (Å²) in [6, 6.07) is 11.8. The molecule has 30 heavy (non-hydrogen) atoms. The highest BCUT2D eigenvalue weighted by Gasteiger charge is 2.24. The number of nitrogens with one attached hydrogen (secondary N) is 2. The van der Waals surface area contributed by atoms with Crippen LogP contribution in [0.4, 0.5) is 14.9 Å². The van der Waals surface area contributed by atoms with Crippen molar-refractivity contribution in [2.45, 2.75) is 46.1 Å². The van der Waals surface area contributed by atoms with E-state index >= 15 is 0 Å². The number of benzene rings is 2. The maximum atomic E-state index is 13.0. The average molecular weight is 412 g/mol. The Labute approximate surface area is 177 Å². The summed E-state index contributed by atoms with van der Waals surface area (Å²) >= 11 is 0. The van der Waals surface area contributed by atoms with E-state index in [-0.39, 0.29) is 17.8 Å². The zero-order valence-electron chi connectivity index (χ0n) is 17.7. The molecule has 2 aromatic carbocycles. The minimum atomic E-state index is -0.332. The second-order valence-electron chi connectivity index (χ2n) is 8.13. The second kappa shape index (κ2) is 10.2.